The number of thiophene rings is 1. The fourth-order valence-corrected chi connectivity index (χ4v) is 6.66. The molecule has 2 unspecified atom stereocenters. The molecule has 1 aromatic heterocycles. The van der Waals surface area contributed by atoms with Crippen molar-refractivity contribution in [3.05, 3.63) is 46.3 Å². The quantitative estimate of drug-likeness (QED) is 0.345. The number of carbonyl (C=O) groups excluding carboxylic acids is 3. The first-order valence-corrected chi connectivity index (χ1v) is 15.4. The molecule has 2 atom stereocenters. The number of nitrogens with zero attached hydrogens (tertiary/aromatic N) is 3. The zero-order valence-corrected chi connectivity index (χ0v) is 24.8. The number of amides is 3. The van der Waals surface area contributed by atoms with Crippen LogP contribution in [0.3, 0.4) is 0 Å². The van der Waals surface area contributed by atoms with Gasteiger partial charge in [-0.3, -0.25) is 14.4 Å². The fourth-order valence-electron chi connectivity index (χ4n) is 5.89. The zero-order chi connectivity index (χ0) is 27.9. The summed E-state index contributed by atoms with van der Waals surface area (Å²) in [6.45, 7) is 11.8. The van der Waals surface area contributed by atoms with Crippen LogP contribution in [-0.2, 0) is 4.79 Å². The van der Waals surface area contributed by atoms with Gasteiger partial charge in [0.25, 0.3) is 11.8 Å². The lowest BCUT2D eigenvalue weighted by Gasteiger charge is -2.33. The predicted octanol–water partition coefficient (Wildman–Crippen LogP) is 3.21. The highest BCUT2D eigenvalue weighted by Crippen LogP contribution is 2.27. The van der Waals surface area contributed by atoms with Gasteiger partial charge in [-0.15, -0.1) is 11.3 Å². The third-order valence-corrected chi connectivity index (χ3v) is 9.21. The Morgan fingerprint density at radius 2 is 1.92 bits per heavy atom. The number of aryl methyl sites for hydroxylation is 1. The minimum Gasteiger partial charge on any atom is -0.346 e. The maximum absolute atomic E-state index is 13.5. The van der Waals surface area contributed by atoms with E-state index in [9.17, 15) is 14.4 Å². The van der Waals surface area contributed by atoms with Crippen molar-refractivity contribution < 1.29 is 14.4 Å². The summed E-state index contributed by atoms with van der Waals surface area (Å²) in [7, 11) is 1.97. The van der Waals surface area contributed by atoms with E-state index in [4.69, 9.17) is 0 Å². The average molecular weight is 551 g/mol. The monoisotopic (exact) mass is 550 g/mol. The summed E-state index contributed by atoms with van der Waals surface area (Å²) < 4.78 is 1.08. The van der Waals surface area contributed by atoms with E-state index >= 15 is 0 Å². The normalized spacial score (nSPS) is 19.6. The highest BCUT2D eigenvalue weighted by molar-refractivity contribution is 7.21. The number of hydrogen-bond donors (Lipinski definition) is 1. The van der Waals surface area contributed by atoms with Crippen LogP contribution in [0.4, 0.5) is 5.69 Å². The van der Waals surface area contributed by atoms with Gasteiger partial charge in [0, 0.05) is 37.3 Å². The van der Waals surface area contributed by atoms with E-state index in [2.05, 4.69) is 24.1 Å². The van der Waals surface area contributed by atoms with Crippen LogP contribution in [0.2, 0.25) is 0 Å². The van der Waals surface area contributed by atoms with Crippen LogP contribution in [0.5, 0.6) is 0 Å². The van der Waals surface area contributed by atoms with Crippen molar-refractivity contribution in [1.82, 2.24) is 15.1 Å². The largest absolute Gasteiger partial charge is 0.346 e. The smallest absolute Gasteiger partial charge is 0.261 e. The summed E-state index contributed by atoms with van der Waals surface area (Å²) in [6.07, 6.45) is 6.16. The number of likely N-dealkylation sites (tertiary alicyclic amines) is 1. The molecule has 2 fully saturated rings. The number of benzene rings is 1. The van der Waals surface area contributed by atoms with Crippen LogP contribution in [-0.4, -0.2) is 80.7 Å². The standard InChI is InChI=1S/C30H43BN4O3S/c1-4-33(5-2)15-7-6-9-22-10-8-16-34(19-22)30(38)25-12-11-24(17-21(25)3)35-20-23(18-28(35)36)32-29(37)26-13-14-27(31)39-26/h11-14,17,22-23H,4-10,15-16,18-20,31H2,1-3H3,(H,32,37). The fraction of sp³-hybridized carbons (Fsp3) is 0.567. The van der Waals surface area contributed by atoms with E-state index in [1.54, 1.807) is 4.90 Å². The van der Waals surface area contributed by atoms with E-state index in [0.717, 1.165) is 55.2 Å². The van der Waals surface area contributed by atoms with Gasteiger partial charge in [-0.25, -0.2) is 0 Å². The lowest BCUT2D eigenvalue weighted by molar-refractivity contribution is -0.117. The van der Waals surface area contributed by atoms with E-state index in [1.807, 2.05) is 50.0 Å². The van der Waals surface area contributed by atoms with Gasteiger partial charge in [0.15, 0.2) is 7.85 Å². The van der Waals surface area contributed by atoms with Crippen LogP contribution >= 0.6 is 11.3 Å². The van der Waals surface area contributed by atoms with E-state index in [1.165, 1.54) is 37.0 Å². The van der Waals surface area contributed by atoms with Crippen LogP contribution in [0.25, 0.3) is 0 Å². The zero-order valence-electron chi connectivity index (χ0n) is 24.0. The molecule has 1 N–H and O–H groups in total. The third-order valence-electron chi connectivity index (χ3n) is 8.21. The van der Waals surface area contributed by atoms with Gasteiger partial charge in [0.2, 0.25) is 5.91 Å². The highest BCUT2D eigenvalue weighted by Gasteiger charge is 2.33. The lowest BCUT2D eigenvalue weighted by Crippen LogP contribution is -2.40. The van der Waals surface area contributed by atoms with Crippen LogP contribution < -0.4 is 15.0 Å². The molecule has 2 aliphatic rings. The third kappa shape index (κ3) is 7.51. The molecule has 2 aliphatic heterocycles. The number of nitrogens with one attached hydrogen (secondary N) is 1. The topological polar surface area (TPSA) is 73.0 Å². The van der Waals surface area contributed by atoms with Gasteiger partial charge in [-0.05, 0) is 92.8 Å². The van der Waals surface area contributed by atoms with Gasteiger partial charge >= 0.3 is 0 Å². The Kier molecular flexibility index (Phi) is 10.2. The van der Waals surface area contributed by atoms with Crippen molar-refractivity contribution in [1.29, 1.82) is 0 Å². The number of anilines is 1. The molecular weight excluding hydrogens is 507 g/mol. The molecule has 7 nitrogen and oxygen atoms in total. The van der Waals surface area contributed by atoms with E-state index < -0.39 is 0 Å². The van der Waals surface area contributed by atoms with Gasteiger partial charge in [0.05, 0.1) is 10.9 Å². The van der Waals surface area contributed by atoms with Gasteiger partial charge in [-0.1, -0.05) is 26.3 Å². The van der Waals surface area contributed by atoms with Crippen molar-refractivity contribution >= 4 is 47.4 Å². The summed E-state index contributed by atoms with van der Waals surface area (Å²) in [5.41, 5.74) is 2.38. The molecule has 0 bridgehead atoms. The minimum absolute atomic E-state index is 0.0130. The van der Waals surface area contributed by atoms with Crippen molar-refractivity contribution in [3.63, 3.8) is 0 Å². The SMILES string of the molecule is Bc1ccc(C(=O)NC2CC(=O)N(c3ccc(C(=O)N4CCCC(CCCCN(CC)CC)C4)c(C)c3)C2)s1. The van der Waals surface area contributed by atoms with Crippen LogP contribution in [0.15, 0.2) is 30.3 Å². The molecular formula is C30H43BN4O3S. The van der Waals surface area contributed by atoms with Crippen molar-refractivity contribution in [3.8, 4) is 0 Å². The van der Waals surface area contributed by atoms with Crippen LogP contribution in [0, 0.1) is 12.8 Å². The first-order chi connectivity index (χ1) is 18.8. The Morgan fingerprint density at radius 3 is 2.62 bits per heavy atom. The van der Waals surface area contributed by atoms with E-state index in [-0.39, 0.29) is 30.2 Å². The molecule has 3 heterocycles. The molecule has 39 heavy (non-hydrogen) atoms. The molecule has 0 radical (unpaired) electrons. The summed E-state index contributed by atoms with van der Waals surface area (Å²) in [6, 6.07) is 9.20. The summed E-state index contributed by atoms with van der Waals surface area (Å²) in [5.74, 6) is 0.525. The molecule has 0 saturated carbocycles. The second-order valence-corrected chi connectivity index (χ2v) is 12.4. The molecule has 0 aliphatic carbocycles. The maximum Gasteiger partial charge on any atom is 0.261 e. The molecule has 2 saturated heterocycles. The summed E-state index contributed by atoms with van der Waals surface area (Å²) >= 11 is 1.45. The van der Waals surface area contributed by atoms with Crippen molar-refractivity contribution in [2.24, 2.45) is 5.92 Å². The molecule has 2 aromatic rings. The minimum atomic E-state index is -0.230. The Morgan fingerprint density at radius 1 is 1.13 bits per heavy atom. The number of rotatable bonds is 11. The number of hydrogen-bond acceptors (Lipinski definition) is 5. The summed E-state index contributed by atoms with van der Waals surface area (Å²) in [5, 5.41) is 3.01. The Hall–Kier alpha value is -2.65. The molecule has 1 aromatic carbocycles. The van der Waals surface area contributed by atoms with Crippen molar-refractivity contribution in [2.45, 2.75) is 65.3 Å². The molecule has 210 valence electrons. The first kappa shape index (κ1) is 29.3. The molecule has 4 rings (SSSR count). The first-order valence-electron chi connectivity index (χ1n) is 14.6. The number of unbranched alkanes of at least 4 members (excludes halogenated alkanes) is 1. The molecule has 0 spiro atoms. The van der Waals surface area contributed by atoms with Gasteiger partial charge in [-0.2, -0.15) is 0 Å². The number of carbonyl (C=O) groups is 3. The predicted molar refractivity (Wildman–Crippen MR) is 162 cm³/mol. The summed E-state index contributed by atoms with van der Waals surface area (Å²) in [4.78, 5) is 45.7. The molecule has 9 heteroatoms. The highest BCUT2D eigenvalue weighted by atomic mass is 32.1. The van der Waals surface area contributed by atoms with Gasteiger partial charge in [0.1, 0.15) is 0 Å². The maximum atomic E-state index is 13.5. The van der Waals surface area contributed by atoms with Crippen molar-refractivity contribution in [2.75, 3.05) is 44.2 Å². The lowest BCUT2D eigenvalue weighted by atomic mass is 9.92. The van der Waals surface area contributed by atoms with Crippen LogP contribution in [0.1, 0.15) is 78.0 Å². The second kappa shape index (κ2) is 13.6. The number of piperidine rings is 1. The van der Waals surface area contributed by atoms with Gasteiger partial charge < -0.3 is 20.0 Å². The average Bonchev–Trinajstić information content (AvgIpc) is 3.53. The second-order valence-electron chi connectivity index (χ2n) is 11.1. The van der Waals surface area contributed by atoms with E-state index in [0.29, 0.717) is 22.9 Å². The Bertz CT molecular complexity index is 1160. The molecule has 3 amide bonds. The Balaban J connectivity index is 1.31. The Labute approximate surface area is 238 Å².